The van der Waals surface area contributed by atoms with E-state index in [0.29, 0.717) is 24.9 Å². The van der Waals surface area contributed by atoms with Crippen LogP contribution in [0, 0.1) is 22.6 Å². The fourth-order valence-corrected chi connectivity index (χ4v) is 6.14. The quantitative estimate of drug-likeness (QED) is 0.793. The van der Waals surface area contributed by atoms with Gasteiger partial charge in [0, 0.05) is 51.2 Å². The second kappa shape index (κ2) is 8.41. The summed E-state index contributed by atoms with van der Waals surface area (Å²) in [6, 6.07) is 5.97. The highest BCUT2D eigenvalue weighted by Gasteiger charge is 2.64. The van der Waals surface area contributed by atoms with Gasteiger partial charge < -0.3 is 20.0 Å². The average molecular weight is 431 g/mol. The lowest BCUT2D eigenvalue weighted by molar-refractivity contribution is -0.141. The summed E-state index contributed by atoms with van der Waals surface area (Å²) in [5.74, 6) is 0.433. The van der Waals surface area contributed by atoms with Crippen molar-refractivity contribution >= 4 is 17.6 Å². The molecule has 0 saturated carbocycles. The number of nitrogens with one attached hydrogen (secondary N) is 1. The Balaban J connectivity index is 1.50. The predicted molar refractivity (Wildman–Crippen MR) is 119 cm³/mol. The Kier molecular flexibility index (Phi) is 5.99. The minimum absolute atomic E-state index is 0.0856. The van der Waals surface area contributed by atoms with Crippen molar-refractivity contribution in [3.8, 4) is 0 Å². The molecule has 3 heterocycles. The van der Waals surface area contributed by atoms with E-state index < -0.39 is 5.82 Å². The topological polar surface area (TPSA) is 55.9 Å². The molecule has 4 rings (SSSR count). The first-order valence-corrected chi connectivity index (χ1v) is 11.6. The summed E-state index contributed by atoms with van der Waals surface area (Å²) >= 11 is 0. The van der Waals surface area contributed by atoms with Crippen LogP contribution < -0.4 is 5.32 Å². The van der Waals surface area contributed by atoms with Gasteiger partial charge in [0.25, 0.3) is 0 Å². The van der Waals surface area contributed by atoms with Crippen molar-refractivity contribution in [1.29, 1.82) is 0 Å². The number of piperidine rings is 1. The monoisotopic (exact) mass is 430 g/mol. The second-order valence-electron chi connectivity index (χ2n) is 9.96. The van der Waals surface area contributed by atoms with Crippen molar-refractivity contribution in [2.75, 3.05) is 51.1 Å². The Morgan fingerprint density at radius 1 is 1.13 bits per heavy atom. The van der Waals surface area contributed by atoms with Crippen molar-refractivity contribution in [2.24, 2.45) is 16.7 Å². The lowest BCUT2D eigenvalue weighted by Gasteiger charge is -2.47. The molecule has 3 amide bonds. The van der Waals surface area contributed by atoms with Crippen LogP contribution in [-0.2, 0) is 4.79 Å². The van der Waals surface area contributed by atoms with Crippen molar-refractivity contribution in [1.82, 2.24) is 14.7 Å². The number of fused-ring (bicyclic) bond motifs is 1. The van der Waals surface area contributed by atoms with Crippen molar-refractivity contribution in [3.63, 3.8) is 0 Å². The number of halogens is 1. The first kappa shape index (κ1) is 22.1. The van der Waals surface area contributed by atoms with Crippen LogP contribution in [-0.4, -0.2) is 72.5 Å². The number of anilines is 1. The van der Waals surface area contributed by atoms with E-state index in [4.69, 9.17) is 0 Å². The number of carbonyl (C=O) groups is 2. The maximum atomic E-state index is 13.9. The van der Waals surface area contributed by atoms with Gasteiger partial charge in [-0.25, -0.2) is 9.18 Å². The Bertz CT molecular complexity index is 837. The number of para-hydroxylation sites is 1. The van der Waals surface area contributed by atoms with Gasteiger partial charge in [-0.3, -0.25) is 4.79 Å². The standard InChI is InChI=1S/C24H35FN4O2/c1-4-28-14-11-24(21(28)30)17-27(15-18(2)3)16-23(24)9-12-29(13-10-23)22(31)26-20-8-6-5-7-19(20)25/h5-8,18H,4,9-17H2,1-3H3,(H,26,31)/t24-/m1/s1. The lowest BCUT2D eigenvalue weighted by Crippen LogP contribution is -2.54. The third-order valence-corrected chi connectivity index (χ3v) is 7.67. The summed E-state index contributed by atoms with van der Waals surface area (Å²) in [4.78, 5) is 32.6. The SMILES string of the molecule is CCN1CC[C@@]2(CN(CC(C)C)CC23CCN(C(=O)Nc2ccccc2F)CC3)C1=O. The number of hydrogen-bond donors (Lipinski definition) is 1. The first-order valence-electron chi connectivity index (χ1n) is 11.6. The van der Waals surface area contributed by atoms with Gasteiger partial charge in [0.15, 0.2) is 0 Å². The van der Waals surface area contributed by atoms with Crippen LogP contribution >= 0.6 is 0 Å². The molecule has 3 saturated heterocycles. The van der Waals surface area contributed by atoms with E-state index in [0.717, 1.165) is 52.0 Å². The molecule has 7 heteroatoms. The van der Waals surface area contributed by atoms with Gasteiger partial charge in [-0.2, -0.15) is 0 Å². The second-order valence-corrected chi connectivity index (χ2v) is 9.96. The van der Waals surface area contributed by atoms with Crippen molar-refractivity contribution in [3.05, 3.63) is 30.1 Å². The zero-order valence-electron chi connectivity index (χ0n) is 19.0. The van der Waals surface area contributed by atoms with Crippen LogP contribution in [0.5, 0.6) is 0 Å². The van der Waals surface area contributed by atoms with Gasteiger partial charge in [-0.05, 0) is 44.2 Å². The number of benzene rings is 1. The van der Waals surface area contributed by atoms with Crippen LogP contribution in [0.1, 0.15) is 40.0 Å². The van der Waals surface area contributed by atoms with E-state index in [1.807, 2.05) is 4.90 Å². The molecule has 1 N–H and O–H groups in total. The van der Waals surface area contributed by atoms with E-state index in [1.165, 1.54) is 6.07 Å². The van der Waals surface area contributed by atoms with Crippen LogP contribution in [0.3, 0.4) is 0 Å². The zero-order chi connectivity index (χ0) is 22.2. The van der Waals surface area contributed by atoms with E-state index in [9.17, 15) is 14.0 Å². The molecule has 170 valence electrons. The maximum absolute atomic E-state index is 13.9. The molecule has 0 aromatic heterocycles. The Morgan fingerprint density at radius 2 is 1.84 bits per heavy atom. The third kappa shape index (κ3) is 3.81. The van der Waals surface area contributed by atoms with E-state index in [1.54, 1.807) is 23.1 Å². The zero-order valence-corrected chi connectivity index (χ0v) is 19.0. The summed E-state index contributed by atoms with van der Waals surface area (Å²) in [5.41, 5.74) is -0.207. The molecular formula is C24H35FN4O2. The summed E-state index contributed by atoms with van der Waals surface area (Å²) < 4.78 is 13.9. The molecule has 3 aliphatic heterocycles. The molecule has 6 nitrogen and oxygen atoms in total. The van der Waals surface area contributed by atoms with Crippen LogP contribution in [0.15, 0.2) is 24.3 Å². The minimum Gasteiger partial charge on any atom is -0.342 e. The molecule has 1 aromatic rings. The average Bonchev–Trinajstić information content (AvgIpc) is 3.21. The van der Waals surface area contributed by atoms with Gasteiger partial charge >= 0.3 is 6.03 Å². The fourth-order valence-electron chi connectivity index (χ4n) is 6.14. The highest BCUT2D eigenvalue weighted by atomic mass is 19.1. The molecule has 3 fully saturated rings. The Labute approximate surface area is 184 Å². The lowest BCUT2D eigenvalue weighted by atomic mass is 9.60. The summed E-state index contributed by atoms with van der Waals surface area (Å²) in [6.07, 6.45) is 2.54. The molecular weight excluding hydrogens is 395 g/mol. The van der Waals surface area contributed by atoms with Gasteiger partial charge in [-0.1, -0.05) is 26.0 Å². The smallest absolute Gasteiger partial charge is 0.321 e. The van der Waals surface area contributed by atoms with Gasteiger partial charge in [0.05, 0.1) is 11.1 Å². The first-order chi connectivity index (χ1) is 14.8. The number of rotatable bonds is 4. The summed E-state index contributed by atoms with van der Waals surface area (Å²) in [6.45, 7) is 12.1. The number of likely N-dealkylation sites (tertiary alicyclic amines) is 3. The number of hydrogen-bond acceptors (Lipinski definition) is 3. The molecule has 0 unspecified atom stereocenters. The van der Waals surface area contributed by atoms with Gasteiger partial charge in [0.1, 0.15) is 5.82 Å². The van der Waals surface area contributed by atoms with Crippen molar-refractivity contribution < 1.29 is 14.0 Å². The predicted octanol–water partition coefficient (Wildman–Crippen LogP) is 3.65. The number of nitrogens with zero attached hydrogens (tertiary/aromatic N) is 3. The molecule has 0 bridgehead atoms. The Hall–Kier alpha value is -2.15. The van der Waals surface area contributed by atoms with Crippen LogP contribution in [0.25, 0.3) is 0 Å². The highest BCUT2D eigenvalue weighted by Crippen LogP contribution is 2.57. The number of carbonyl (C=O) groups excluding carboxylic acids is 2. The minimum atomic E-state index is -0.431. The molecule has 2 spiro atoms. The van der Waals surface area contributed by atoms with Crippen molar-refractivity contribution in [2.45, 2.75) is 40.0 Å². The molecule has 1 aromatic carbocycles. The molecule has 3 aliphatic rings. The highest BCUT2D eigenvalue weighted by molar-refractivity contribution is 5.90. The number of amides is 3. The molecule has 0 radical (unpaired) electrons. The van der Waals surface area contributed by atoms with E-state index in [-0.39, 0.29) is 22.5 Å². The fraction of sp³-hybridized carbons (Fsp3) is 0.667. The van der Waals surface area contributed by atoms with Gasteiger partial charge in [0.2, 0.25) is 5.91 Å². The van der Waals surface area contributed by atoms with Crippen LogP contribution in [0.4, 0.5) is 14.9 Å². The summed E-state index contributed by atoms with van der Waals surface area (Å²) in [7, 11) is 0. The van der Waals surface area contributed by atoms with E-state index >= 15 is 0 Å². The molecule has 1 atom stereocenters. The van der Waals surface area contributed by atoms with Crippen LogP contribution in [0.2, 0.25) is 0 Å². The van der Waals surface area contributed by atoms with Gasteiger partial charge in [-0.15, -0.1) is 0 Å². The Morgan fingerprint density at radius 3 is 2.45 bits per heavy atom. The third-order valence-electron chi connectivity index (χ3n) is 7.67. The van der Waals surface area contributed by atoms with E-state index in [2.05, 4.69) is 31.0 Å². The summed E-state index contributed by atoms with van der Waals surface area (Å²) in [5, 5.41) is 2.71. The normalized spacial score (nSPS) is 25.9. The largest absolute Gasteiger partial charge is 0.342 e. The maximum Gasteiger partial charge on any atom is 0.321 e. The number of urea groups is 1. The molecule has 0 aliphatic carbocycles. The molecule has 31 heavy (non-hydrogen) atoms.